The van der Waals surface area contributed by atoms with Gasteiger partial charge in [-0.2, -0.15) is 0 Å². The van der Waals surface area contributed by atoms with E-state index in [1.807, 2.05) is 6.92 Å². The predicted molar refractivity (Wildman–Crippen MR) is 62.9 cm³/mol. The second-order valence-corrected chi connectivity index (χ2v) is 4.89. The lowest BCUT2D eigenvalue weighted by Crippen LogP contribution is -2.12. The zero-order valence-electron chi connectivity index (χ0n) is 8.52. The summed E-state index contributed by atoms with van der Waals surface area (Å²) in [5.74, 6) is -0.00347. The van der Waals surface area contributed by atoms with E-state index >= 15 is 0 Å². The Morgan fingerprint density at radius 1 is 1.64 bits per heavy atom. The number of hydrogen-bond acceptors (Lipinski definition) is 5. The Morgan fingerprint density at radius 2 is 2.14 bits per heavy atom. The van der Waals surface area contributed by atoms with E-state index in [4.69, 9.17) is 10.5 Å². The Labute approximate surface area is 91.0 Å². The maximum atomic E-state index is 10.4. The Kier molecular flexibility index (Phi) is 10.4. The molecule has 0 spiro atoms. The minimum Gasteiger partial charge on any atom is -0.488 e. The van der Waals surface area contributed by atoms with E-state index in [9.17, 15) is 8.42 Å². The SMILES string of the molecule is C=CS(=O)(=O)CCN.CCOC(C)=S. The van der Waals surface area contributed by atoms with Gasteiger partial charge in [-0.3, -0.25) is 0 Å². The van der Waals surface area contributed by atoms with Crippen LogP contribution in [-0.2, 0) is 14.6 Å². The first-order valence-corrected chi connectivity index (χ1v) is 6.20. The molecule has 84 valence electrons. The van der Waals surface area contributed by atoms with Gasteiger partial charge in [0.15, 0.2) is 14.9 Å². The Bertz CT molecular complexity index is 260. The second-order valence-electron chi connectivity index (χ2n) is 2.25. The standard InChI is InChI=1S/C4H9NO2S.C4H8OS/c1-2-8(6,7)4-3-5;1-3-5-4(2)6/h2H,1,3-5H2;3H2,1-2H3. The molecule has 0 fully saturated rings. The van der Waals surface area contributed by atoms with Crippen LogP contribution in [-0.4, -0.2) is 32.4 Å². The van der Waals surface area contributed by atoms with E-state index in [0.717, 1.165) is 5.41 Å². The van der Waals surface area contributed by atoms with Crippen molar-refractivity contribution in [3.8, 4) is 0 Å². The van der Waals surface area contributed by atoms with E-state index in [-0.39, 0.29) is 12.3 Å². The van der Waals surface area contributed by atoms with Gasteiger partial charge in [-0.25, -0.2) is 8.42 Å². The molecule has 0 aromatic carbocycles. The van der Waals surface area contributed by atoms with Crippen molar-refractivity contribution in [2.75, 3.05) is 18.9 Å². The van der Waals surface area contributed by atoms with Crippen LogP contribution in [0.1, 0.15) is 13.8 Å². The van der Waals surface area contributed by atoms with Crippen molar-refractivity contribution < 1.29 is 13.2 Å². The minimum atomic E-state index is -3.03. The fraction of sp³-hybridized carbons (Fsp3) is 0.625. The van der Waals surface area contributed by atoms with Crippen LogP contribution in [0.3, 0.4) is 0 Å². The predicted octanol–water partition coefficient (Wildman–Crippen LogP) is 0.874. The average Bonchev–Trinajstić information content (AvgIpc) is 2.05. The molecule has 0 heterocycles. The van der Waals surface area contributed by atoms with Gasteiger partial charge in [0.05, 0.1) is 12.4 Å². The Hall–Kier alpha value is -0.460. The van der Waals surface area contributed by atoms with E-state index in [1.165, 1.54) is 0 Å². The fourth-order valence-electron chi connectivity index (χ4n) is 0.451. The van der Waals surface area contributed by atoms with Gasteiger partial charge in [-0.15, -0.1) is 0 Å². The topological polar surface area (TPSA) is 69.4 Å². The van der Waals surface area contributed by atoms with Crippen LogP contribution >= 0.6 is 12.2 Å². The maximum absolute atomic E-state index is 10.4. The molecule has 14 heavy (non-hydrogen) atoms. The molecule has 0 aliphatic rings. The number of nitrogens with two attached hydrogens (primary N) is 1. The van der Waals surface area contributed by atoms with Crippen molar-refractivity contribution in [3.05, 3.63) is 12.0 Å². The molecule has 6 heteroatoms. The third-order valence-electron chi connectivity index (χ3n) is 1.00. The molecule has 0 aromatic rings. The molecule has 0 aromatic heterocycles. The Balaban J connectivity index is 0. The van der Waals surface area contributed by atoms with E-state index < -0.39 is 9.84 Å². The van der Waals surface area contributed by atoms with Crippen LogP contribution in [0.4, 0.5) is 0 Å². The molecule has 0 rings (SSSR count). The highest BCUT2D eigenvalue weighted by atomic mass is 32.2. The van der Waals surface area contributed by atoms with Gasteiger partial charge in [-0.1, -0.05) is 6.58 Å². The van der Waals surface area contributed by atoms with E-state index in [0.29, 0.717) is 11.7 Å². The van der Waals surface area contributed by atoms with Crippen LogP contribution in [0, 0.1) is 0 Å². The first kappa shape index (κ1) is 16.0. The molecule has 4 nitrogen and oxygen atoms in total. The molecule has 0 atom stereocenters. The summed E-state index contributed by atoms with van der Waals surface area (Å²) in [6.45, 7) is 7.63. The third kappa shape index (κ3) is 14.1. The number of thiocarbonyl (C=S) groups is 1. The largest absolute Gasteiger partial charge is 0.488 e. The molecule has 0 bridgehead atoms. The van der Waals surface area contributed by atoms with Crippen LogP contribution in [0.25, 0.3) is 0 Å². The third-order valence-corrected chi connectivity index (χ3v) is 2.43. The molecule has 0 saturated carbocycles. The molecular formula is C8H17NO3S2. The van der Waals surface area contributed by atoms with Crippen LogP contribution in [0.15, 0.2) is 12.0 Å². The number of sulfone groups is 1. The molecule has 0 radical (unpaired) electrons. The lowest BCUT2D eigenvalue weighted by Gasteiger charge is -1.93. The molecule has 0 aliphatic carbocycles. The normalized spacial score (nSPS) is 9.64. The van der Waals surface area contributed by atoms with Gasteiger partial charge in [-0.05, 0) is 19.1 Å². The maximum Gasteiger partial charge on any atom is 0.172 e. The minimum absolute atomic E-state index is 0.00347. The highest BCUT2D eigenvalue weighted by Gasteiger charge is 1.99. The highest BCUT2D eigenvalue weighted by molar-refractivity contribution is 7.94. The van der Waals surface area contributed by atoms with Gasteiger partial charge in [0.1, 0.15) is 0 Å². The highest BCUT2D eigenvalue weighted by Crippen LogP contribution is 1.85. The molecule has 0 saturated heterocycles. The quantitative estimate of drug-likeness (QED) is 0.737. The monoisotopic (exact) mass is 239 g/mol. The van der Waals surface area contributed by atoms with Crippen molar-refractivity contribution in [2.24, 2.45) is 5.73 Å². The second kappa shape index (κ2) is 9.11. The smallest absolute Gasteiger partial charge is 0.172 e. The van der Waals surface area contributed by atoms with Crippen molar-refractivity contribution in [1.82, 2.24) is 0 Å². The van der Waals surface area contributed by atoms with Crippen molar-refractivity contribution in [3.63, 3.8) is 0 Å². The van der Waals surface area contributed by atoms with Gasteiger partial charge in [0.25, 0.3) is 0 Å². The van der Waals surface area contributed by atoms with Gasteiger partial charge in [0.2, 0.25) is 0 Å². The molecule has 0 aliphatic heterocycles. The first-order valence-electron chi connectivity index (χ1n) is 4.08. The van der Waals surface area contributed by atoms with Crippen molar-refractivity contribution >= 4 is 27.1 Å². The Morgan fingerprint density at radius 3 is 2.21 bits per heavy atom. The summed E-state index contributed by atoms with van der Waals surface area (Å²) in [5, 5.41) is 1.54. The van der Waals surface area contributed by atoms with Gasteiger partial charge < -0.3 is 10.5 Å². The average molecular weight is 239 g/mol. The van der Waals surface area contributed by atoms with Gasteiger partial charge >= 0.3 is 0 Å². The first-order chi connectivity index (χ1) is 6.39. The molecule has 2 N–H and O–H groups in total. The number of ether oxygens (including phenoxy) is 1. The molecular weight excluding hydrogens is 222 g/mol. The summed E-state index contributed by atoms with van der Waals surface area (Å²) in [6.07, 6.45) is 0. The number of hydrogen-bond donors (Lipinski definition) is 1. The zero-order chi connectivity index (χ0) is 11.6. The summed E-state index contributed by atoms with van der Waals surface area (Å²) < 4.78 is 25.6. The number of rotatable bonds is 4. The summed E-state index contributed by atoms with van der Waals surface area (Å²) in [4.78, 5) is 0. The molecule has 0 amide bonds. The van der Waals surface area contributed by atoms with Crippen molar-refractivity contribution in [1.29, 1.82) is 0 Å². The van der Waals surface area contributed by atoms with Crippen molar-refractivity contribution in [2.45, 2.75) is 13.8 Å². The van der Waals surface area contributed by atoms with E-state index in [2.05, 4.69) is 18.8 Å². The summed E-state index contributed by atoms with van der Waals surface area (Å²) in [5.41, 5.74) is 4.96. The summed E-state index contributed by atoms with van der Waals surface area (Å²) in [7, 11) is -3.03. The molecule has 0 unspecified atom stereocenters. The van der Waals surface area contributed by atoms with Crippen LogP contribution in [0.2, 0.25) is 0 Å². The zero-order valence-corrected chi connectivity index (χ0v) is 10.2. The fourth-order valence-corrected chi connectivity index (χ4v) is 1.06. The lowest BCUT2D eigenvalue weighted by atomic mass is 10.8. The van der Waals surface area contributed by atoms with Crippen LogP contribution in [0.5, 0.6) is 0 Å². The summed E-state index contributed by atoms with van der Waals surface area (Å²) >= 11 is 4.57. The van der Waals surface area contributed by atoms with Crippen LogP contribution < -0.4 is 5.73 Å². The van der Waals surface area contributed by atoms with Gasteiger partial charge in [0, 0.05) is 18.9 Å². The lowest BCUT2D eigenvalue weighted by molar-refractivity contribution is 0.334. The summed E-state index contributed by atoms with van der Waals surface area (Å²) in [6, 6.07) is 0. The van der Waals surface area contributed by atoms with E-state index in [1.54, 1.807) is 6.92 Å².